The van der Waals surface area contributed by atoms with E-state index < -0.39 is 0 Å². The lowest BCUT2D eigenvalue weighted by Crippen LogP contribution is -2.46. The molecule has 2 heterocycles. The predicted octanol–water partition coefficient (Wildman–Crippen LogP) is 1.38. The summed E-state index contributed by atoms with van der Waals surface area (Å²) < 4.78 is 7.07. The van der Waals surface area contributed by atoms with Crippen LogP contribution in [0.4, 0.5) is 0 Å². The van der Waals surface area contributed by atoms with E-state index in [1.165, 1.54) is 12.1 Å². The van der Waals surface area contributed by atoms with Crippen LogP contribution in [-0.2, 0) is 23.0 Å². The molecule has 0 bridgehead atoms. The fraction of sp³-hybridized carbons (Fsp3) is 0.714. The fourth-order valence-corrected chi connectivity index (χ4v) is 2.67. The van der Waals surface area contributed by atoms with Crippen molar-refractivity contribution in [1.82, 2.24) is 14.7 Å². The van der Waals surface area contributed by atoms with Gasteiger partial charge in [-0.05, 0) is 32.4 Å². The third-order valence-electron chi connectivity index (χ3n) is 3.75. The highest BCUT2D eigenvalue weighted by molar-refractivity contribution is 5.75. The van der Waals surface area contributed by atoms with Crippen molar-refractivity contribution in [2.75, 3.05) is 19.7 Å². The van der Waals surface area contributed by atoms with Gasteiger partial charge in [-0.1, -0.05) is 6.42 Å². The number of aryl methyl sites for hydroxylation is 1. The van der Waals surface area contributed by atoms with Crippen LogP contribution in [-0.4, -0.2) is 46.4 Å². The van der Waals surface area contributed by atoms with Crippen LogP contribution < -0.4 is 0 Å². The Bertz CT molecular complexity index is 417. The fourth-order valence-electron chi connectivity index (χ4n) is 2.67. The molecule has 0 aromatic carbocycles. The molecular weight excluding hydrogens is 242 g/mol. The minimum Gasteiger partial charge on any atom is -0.465 e. The number of hydrogen-bond donors (Lipinski definition) is 0. The Hall–Kier alpha value is -1.36. The first-order chi connectivity index (χ1) is 9.22. The average Bonchev–Trinajstić information content (AvgIpc) is 2.82. The second-order valence-electron chi connectivity index (χ2n) is 5.00. The van der Waals surface area contributed by atoms with E-state index in [4.69, 9.17) is 4.74 Å². The maximum atomic E-state index is 12.0. The summed E-state index contributed by atoms with van der Waals surface area (Å²) in [5.41, 5.74) is 1.20. The van der Waals surface area contributed by atoms with Gasteiger partial charge in [0.15, 0.2) is 0 Å². The highest BCUT2D eigenvalue weighted by atomic mass is 16.5. The number of hydrogen-bond acceptors (Lipinski definition) is 4. The maximum Gasteiger partial charge on any atom is 0.323 e. The number of rotatable bonds is 5. The third kappa shape index (κ3) is 3.56. The Morgan fingerprint density at radius 1 is 1.53 bits per heavy atom. The van der Waals surface area contributed by atoms with Gasteiger partial charge in [-0.25, -0.2) is 0 Å². The number of esters is 1. The van der Waals surface area contributed by atoms with Crippen LogP contribution in [0.25, 0.3) is 0 Å². The highest BCUT2D eigenvalue weighted by Gasteiger charge is 2.29. The van der Waals surface area contributed by atoms with Gasteiger partial charge < -0.3 is 4.74 Å². The molecular formula is C14H23N3O2. The van der Waals surface area contributed by atoms with Gasteiger partial charge in [0.05, 0.1) is 6.61 Å². The number of ether oxygens (including phenoxy) is 1. The van der Waals surface area contributed by atoms with E-state index >= 15 is 0 Å². The normalized spacial score (nSPS) is 20.4. The van der Waals surface area contributed by atoms with Crippen molar-refractivity contribution < 1.29 is 9.53 Å². The molecule has 1 aromatic rings. The molecule has 5 heteroatoms. The Morgan fingerprint density at radius 3 is 3.05 bits per heavy atom. The summed E-state index contributed by atoms with van der Waals surface area (Å²) in [4.78, 5) is 14.2. The van der Waals surface area contributed by atoms with Gasteiger partial charge in [0.25, 0.3) is 0 Å². The molecule has 0 aliphatic carbocycles. The quantitative estimate of drug-likeness (QED) is 0.755. The molecule has 0 saturated carbocycles. The Labute approximate surface area is 114 Å². The molecule has 0 N–H and O–H groups in total. The Balaban J connectivity index is 1.92. The van der Waals surface area contributed by atoms with E-state index in [1.54, 1.807) is 0 Å². The molecule has 1 unspecified atom stereocenters. The zero-order chi connectivity index (χ0) is 13.7. The average molecular weight is 265 g/mol. The number of nitrogens with zero attached hydrogens (tertiary/aromatic N) is 3. The SMILES string of the molecule is CCOC(=O)C1CCCCN1CCc1ccnn1C. The molecule has 19 heavy (non-hydrogen) atoms. The molecule has 1 aliphatic heterocycles. The summed E-state index contributed by atoms with van der Waals surface area (Å²) in [6, 6.07) is 1.98. The molecule has 0 spiro atoms. The van der Waals surface area contributed by atoms with Crippen LogP contribution in [0.5, 0.6) is 0 Å². The Morgan fingerprint density at radius 2 is 2.37 bits per heavy atom. The summed E-state index contributed by atoms with van der Waals surface area (Å²) in [5.74, 6) is -0.0628. The zero-order valence-electron chi connectivity index (χ0n) is 11.8. The van der Waals surface area contributed by atoms with Gasteiger partial charge in [0.2, 0.25) is 0 Å². The van der Waals surface area contributed by atoms with Gasteiger partial charge >= 0.3 is 5.97 Å². The van der Waals surface area contributed by atoms with Gasteiger partial charge in [-0.3, -0.25) is 14.4 Å². The first-order valence-corrected chi connectivity index (χ1v) is 7.10. The predicted molar refractivity (Wildman–Crippen MR) is 72.8 cm³/mol. The molecule has 1 saturated heterocycles. The second-order valence-corrected chi connectivity index (χ2v) is 5.00. The Kier molecular flexibility index (Phi) is 4.96. The maximum absolute atomic E-state index is 12.0. The number of carbonyl (C=O) groups excluding carboxylic acids is 1. The number of piperidine rings is 1. The van der Waals surface area contributed by atoms with Crippen molar-refractivity contribution in [2.45, 2.75) is 38.6 Å². The van der Waals surface area contributed by atoms with E-state index in [1.807, 2.05) is 30.9 Å². The van der Waals surface area contributed by atoms with E-state index in [0.29, 0.717) is 6.61 Å². The van der Waals surface area contributed by atoms with Crippen LogP contribution in [0, 0.1) is 0 Å². The third-order valence-corrected chi connectivity index (χ3v) is 3.75. The van der Waals surface area contributed by atoms with E-state index in [0.717, 1.165) is 32.4 Å². The largest absolute Gasteiger partial charge is 0.465 e. The number of likely N-dealkylation sites (tertiary alicyclic amines) is 1. The summed E-state index contributed by atoms with van der Waals surface area (Å²) in [6.45, 7) is 4.20. The summed E-state index contributed by atoms with van der Waals surface area (Å²) >= 11 is 0. The smallest absolute Gasteiger partial charge is 0.323 e. The number of carbonyl (C=O) groups is 1. The zero-order valence-corrected chi connectivity index (χ0v) is 11.8. The lowest BCUT2D eigenvalue weighted by atomic mass is 10.0. The van der Waals surface area contributed by atoms with Crippen LogP contribution in [0.1, 0.15) is 31.9 Å². The van der Waals surface area contributed by atoms with Gasteiger partial charge in [0.1, 0.15) is 6.04 Å². The first kappa shape index (κ1) is 14.1. The highest BCUT2D eigenvalue weighted by Crippen LogP contribution is 2.18. The molecule has 5 nitrogen and oxygen atoms in total. The molecule has 106 valence electrons. The van der Waals surface area contributed by atoms with Crippen LogP contribution in [0.15, 0.2) is 12.3 Å². The monoisotopic (exact) mass is 265 g/mol. The van der Waals surface area contributed by atoms with Crippen molar-refractivity contribution in [3.63, 3.8) is 0 Å². The van der Waals surface area contributed by atoms with Crippen LogP contribution in [0.2, 0.25) is 0 Å². The molecule has 0 radical (unpaired) electrons. The van der Waals surface area contributed by atoms with Crippen molar-refractivity contribution in [1.29, 1.82) is 0 Å². The van der Waals surface area contributed by atoms with Crippen molar-refractivity contribution in [2.24, 2.45) is 7.05 Å². The van der Waals surface area contributed by atoms with Gasteiger partial charge in [-0.15, -0.1) is 0 Å². The van der Waals surface area contributed by atoms with Gasteiger partial charge in [0, 0.05) is 31.9 Å². The van der Waals surface area contributed by atoms with Gasteiger partial charge in [-0.2, -0.15) is 5.10 Å². The number of aromatic nitrogens is 2. The lowest BCUT2D eigenvalue weighted by Gasteiger charge is -2.33. The molecule has 1 aliphatic rings. The molecule has 2 rings (SSSR count). The minimum atomic E-state index is -0.0628. The molecule has 1 aromatic heterocycles. The first-order valence-electron chi connectivity index (χ1n) is 7.10. The molecule has 0 amide bonds. The van der Waals surface area contributed by atoms with E-state index in [9.17, 15) is 4.79 Å². The summed E-state index contributed by atoms with van der Waals surface area (Å²) in [6.07, 6.45) is 5.94. The van der Waals surface area contributed by atoms with Crippen molar-refractivity contribution in [3.05, 3.63) is 18.0 Å². The second kappa shape index (κ2) is 6.70. The van der Waals surface area contributed by atoms with E-state index in [2.05, 4.69) is 10.00 Å². The van der Waals surface area contributed by atoms with Crippen molar-refractivity contribution >= 4 is 5.97 Å². The van der Waals surface area contributed by atoms with E-state index in [-0.39, 0.29) is 12.0 Å². The lowest BCUT2D eigenvalue weighted by molar-refractivity contribution is -0.150. The van der Waals surface area contributed by atoms with Crippen LogP contribution >= 0.6 is 0 Å². The molecule has 1 atom stereocenters. The van der Waals surface area contributed by atoms with Crippen LogP contribution in [0.3, 0.4) is 0 Å². The van der Waals surface area contributed by atoms with Crippen molar-refractivity contribution in [3.8, 4) is 0 Å². The minimum absolute atomic E-state index is 0.0538. The summed E-state index contributed by atoms with van der Waals surface area (Å²) in [5, 5.41) is 4.17. The topological polar surface area (TPSA) is 47.4 Å². The summed E-state index contributed by atoms with van der Waals surface area (Å²) in [7, 11) is 1.95. The standard InChI is InChI=1S/C14H23N3O2/c1-3-19-14(18)13-6-4-5-10-17(13)11-8-12-7-9-15-16(12)2/h7,9,13H,3-6,8,10-11H2,1-2H3. The molecule has 1 fully saturated rings.